The van der Waals surface area contributed by atoms with Crippen molar-refractivity contribution < 1.29 is 4.42 Å². The van der Waals surface area contributed by atoms with Crippen molar-refractivity contribution in [2.24, 2.45) is 0 Å². The zero-order valence-electron chi connectivity index (χ0n) is 9.97. The maximum atomic E-state index is 5.95. The molecule has 0 unspecified atom stereocenters. The standard InChI is InChI=1S/C14H11ClN2OS/c15-10-3-1-2-9(6-10)8-19-14-17-12-7-11(16)4-5-13(12)18-14/h1-7H,8,16H2. The molecule has 2 N–H and O–H groups in total. The average molecular weight is 291 g/mol. The minimum Gasteiger partial charge on any atom is -0.431 e. The summed E-state index contributed by atoms with van der Waals surface area (Å²) in [6, 6.07) is 13.2. The normalized spacial score (nSPS) is 11.0. The van der Waals surface area contributed by atoms with E-state index in [1.165, 1.54) is 11.8 Å². The fourth-order valence-corrected chi connectivity index (χ4v) is 2.75. The van der Waals surface area contributed by atoms with Gasteiger partial charge < -0.3 is 10.2 Å². The third-order valence-electron chi connectivity index (χ3n) is 2.64. The van der Waals surface area contributed by atoms with Crippen LogP contribution in [0.5, 0.6) is 0 Å². The first kappa shape index (κ1) is 12.4. The Bertz CT molecular complexity index is 726. The van der Waals surface area contributed by atoms with Gasteiger partial charge in [0, 0.05) is 16.5 Å². The second-order valence-electron chi connectivity index (χ2n) is 4.13. The highest BCUT2D eigenvalue weighted by atomic mass is 35.5. The fourth-order valence-electron chi connectivity index (χ4n) is 1.76. The third-order valence-corrected chi connectivity index (χ3v) is 3.78. The van der Waals surface area contributed by atoms with Gasteiger partial charge in [-0.2, -0.15) is 0 Å². The minimum atomic E-state index is 0.639. The number of nitrogens with two attached hydrogens (primary N) is 1. The van der Waals surface area contributed by atoms with E-state index in [0.29, 0.717) is 10.9 Å². The molecule has 0 saturated carbocycles. The first-order chi connectivity index (χ1) is 9.20. The minimum absolute atomic E-state index is 0.639. The molecule has 0 atom stereocenters. The molecule has 5 heteroatoms. The van der Waals surface area contributed by atoms with Crippen molar-refractivity contribution >= 4 is 40.1 Å². The molecular formula is C14H11ClN2OS. The van der Waals surface area contributed by atoms with Crippen LogP contribution < -0.4 is 5.73 Å². The summed E-state index contributed by atoms with van der Waals surface area (Å²) in [5.41, 5.74) is 9.08. The van der Waals surface area contributed by atoms with Gasteiger partial charge in [0.1, 0.15) is 5.52 Å². The lowest BCUT2D eigenvalue weighted by Gasteiger charge is -1.98. The monoisotopic (exact) mass is 290 g/mol. The van der Waals surface area contributed by atoms with Crippen molar-refractivity contribution in [2.75, 3.05) is 5.73 Å². The lowest BCUT2D eigenvalue weighted by Crippen LogP contribution is -1.82. The Morgan fingerprint density at radius 3 is 2.95 bits per heavy atom. The molecular weight excluding hydrogens is 280 g/mol. The van der Waals surface area contributed by atoms with Crippen LogP contribution in [0.2, 0.25) is 5.02 Å². The molecule has 0 fully saturated rings. The van der Waals surface area contributed by atoms with Gasteiger partial charge >= 0.3 is 0 Å². The van der Waals surface area contributed by atoms with Crippen LogP contribution in [0, 0.1) is 0 Å². The zero-order valence-corrected chi connectivity index (χ0v) is 11.5. The molecule has 3 aromatic rings. The van der Waals surface area contributed by atoms with Crippen LogP contribution in [0.25, 0.3) is 11.1 Å². The molecule has 3 rings (SSSR count). The van der Waals surface area contributed by atoms with Crippen molar-refractivity contribution in [3.63, 3.8) is 0 Å². The van der Waals surface area contributed by atoms with Gasteiger partial charge in [-0.1, -0.05) is 35.5 Å². The van der Waals surface area contributed by atoms with Gasteiger partial charge in [-0.3, -0.25) is 0 Å². The molecule has 0 aliphatic heterocycles. The number of hydrogen-bond donors (Lipinski definition) is 1. The molecule has 1 aromatic heterocycles. The fraction of sp³-hybridized carbons (Fsp3) is 0.0714. The Hall–Kier alpha value is -1.65. The summed E-state index contributed by atoms with van der Waals surface area (Å²) in [6.07, 6.45) is 0. The number of rotatable bonds is 3. The van der Waals surface area contributed by atoms with Crippen LogP contribution in [-0.4, -0.2) is 4.98 Å². The predicted octanol–water partition coefficient (Wildman–Crippen LogP) is 4.36. The van der Waals surface area contributed by atoms with Gasteiger partial charge in [-0.25, -0.2) is 4.98 Å². The number of fused-ring (bicyclic) bond motifs is 1. The summed E-state index contributed by atoms with van der Waals surface area (Å²) in [5, 5.41) is 1.38. The van der Waals surface area contributed by atoms with Crippen molar-refractivity contribution in [1.82, 2.24) is 4.98 Å². The van der Waals surface area contributed by atoms with Crippen LogP contribution in [0.1, 0.15) is 5.56 Å². The number of benzene rings is 2. The molecule has 0 radical (unpaired) electrons. The summed E-state index contributed by atoms with van der Waals surface area (Å²) in [6.45, 7) is 0. The van der Waals surface area contributed by atoms with Crippen LogP contribution >= 0.6 is 23.4 Å². The van der Waals surface area contributed by atoms with Gasteiger partial charge in [0.2, 0.25) is 0 Å². The number of hydrogen-bond acceptors (Lipinski definition) is 4. The van der Waals surface area contributed by atoms with E-state index in [1.807, 2.05) is 36.4 Å². The molecule has 96 valence electrons. The Morgan fingerprint density at radius 2 is 2.11 bits per heavy atom. The van der Waals surface area contributed by atoms with E-state index in [9.17, 15) is 0 Å². The summed E-state index contributed by atoms with van der Waals surface area (Å²) in [4.78, 5) is 4.39. The average Bonchev–Trinajstić information content (AvgIpc) is 2.78. The molecule has 0 aliphatic rings. The van der Waals surface area contributed by atoms with E-state index in [-0.39, 0.29) is 0 Å². The number of halogens is 1. The highest BCUT2D eigenvalue weighted by molar-refractivity contribution is 7.98. The molecule has 0 bridgehead atoms. The summed E-state index contributed by atoms with van der Waals surface area (Å²) in [5.74, 6) is 0.767. The first-order valence-corrected chi connectivity index (χ1v) is 7.10. The molecule has 2 aromatic carbocycles. The van der Waals surface area contributed by atoms with Gasteiger partial charge in [0.25, 0.3) is 5.22 Å². The zero-order chi connectivity index (χ0) is 13.2. The van der Waals surface area contributed by atoms with Crippen LogP contribution in [0.3, 0.4) is 0 Å². The Morgan fingerprint density at radius 1 is 1.21 bits per heavy atom. The number of nitrogen functional groups attached to an aromatic ring is 1. The number of aromatic nitrogens is 1. The van der Waals surface area contributed by atoms with Crippen LogP contribution in [0.4, 0.5) is 5.69 Å². The van der Waals surface area contributed by atoms with Crippen molar-refractivity contribution in [2.45, 2.75) is 11.0 Å². The van der Waals surface area contributed by atoms with Gasteiger partial charge in [0.05, 0.1) is 0 Å². The highest BCUT2D eigenvalue weighted by Gasteiger charge is 2.07. The molecule has 0 aliphatic carbocycles. The summed E-state index contributed by atoms with van der Waals surface area (Å²) < 4.78 is 5.64. The quantitative estimate of drug-likeness (QED) is 0.575. The maximum absolute atomic E-state index is 5.95. The maximum Gasteiger partial charge on any atom is 0.257 e. The van der Waals surface area contributed by atoms with E-state index in [1.54, 1.807) is 6.07 Å². The van der Waals surface area contributed by atoms with Crippen LogP contribution in [-0.2, 0) is 5.75 Å². The number of oxazole rings is 1. The van der Waals surface area contributed by atoms with Gasteiger partial charge in [0.15, 0.2) is 5.58 Å². The molecule has 0 saturated heterocycles. The molecule has 19 heavy (non-hydrogen) atoms. The predicted molar refractivity (Wildman–Crippen MR) is 79.4 cm³/mol. The summed E-state index contributed by atoms with van der Waals surface area (Å²) >= 11 is 7.48. The number of anilines is 1. The van der Waals surface area contributed by atoms with E-state index < -0.39 is 0 Å². The summed E-state index contributed by atoms with van der Waals surface area (Å²) in [7, 11) is 0. The Balaban J connectivity index is 1.78. The van der Waals surface area contributed by atoms with E-state index in [2.05, 4.69) is 4.98 Å². The van der Waals surface area contributed by atoms with Gasteiger partial charge in [-0.05, 0) is 35.9 Å². The molecule has 1 heterocycles. The Labute approximate surface area is 119 Å². The third kappa shape index (κ3) is 2.85. The van der Waals surface area contributed by atoms with E-state index in [0.717, 1.165) is 27.4 Å². The van der Waals surface area contributed by atoms with Crippen molar-refractivity contribution in [3.05, 3.63) is 53.1 Å². The number of nitrogens with zero attached hydrogens (tertiary/aromatic N) is 1. The largest absolute Gasteiger partial charge is 0.431 e. The van der Waals surface area contributed by atoms with Crippen molar-refractivity contribution in [1.29, 1.82) is 0 Å². The lowest BCUT2D eigenvalue weighted by atomic mass is 10.2. The van der Waals surface area contributed by atoms with E-state index in [4.69, 9.17) is 21.8 Å². The molecule has 0 spiro atoms. The lowest BCUT2D eigenvalue weighted by molar-refractivity contribution is 0.489. The molecule has 3 nitrogen and oxygen atoms in total. The topological polar surface area (TPSA) is 52.0 Å². The highest BCUT2D eigenvalue weighted by Crippen LogP contribution is 2.27. The Kier molecular flexibility index (Phi) is 3.36. The van der Waals surface area contributed by atoms with Gasteiger partial charge in [-0.15, -0.1) is 0 Å². The first-order valence-electron chi connectivity index (χ1n) is 5.74. The molecule has 0 amide bonds. The SMILES string of the molecule is Nc1ccc2oc(SCc3cccc(Cl)c3)nc2c1. The smallest absolute Gasteiger partial charge is 0.257 e. The second kappa shape index (κ2) is 5.15. The van der Waals surface area contributed by atoms with Crippen molar-refractivity contribution in [3.8, 4) is 0 Å². The number of thioether (sulfide) groups is 1. The van der Waals surface area contributed by atoms with Crippen LogP contribution in [0.15, 0.2) is 52.1 Å². The van der Waals surface area contributed by atoms with E-state index >= 15 is 0 Å². The second-order valence-corrected chi connectivity index (χ2v) is 5.49.